The van der Waals surface area contributed by atoms with Crippen LogP contribution in [0.15, 0.2) is 303 Å². The van der Waals surface area contributed by atoms with E-state index >= 15 is 0 Å². The van der Waals surface area contributed by atoms with Gasteiger partial charge in [0.15, 0.2) is 0 Å². The molecule has 0 atom stereocenters. The molecule has 0 amide bonds. The number of aromatic nitrogens is 2. The number of benzene rings is 14. The lowest BCUT2D eigenvalue weighted by atomic mass is 9.96. The topological polar surface area (TPSA) is 9.86 Å². The van der Waals surface area contributed by atoms with Gasteiger partial charge in [-0.1, -0.05) is 212 Å². The van der Waals surface area contributed by atoms with E-state index in [-0.39, 0.29) is 0 Å². The predicted molar refractivity (Wildman–Crippen MR) is 395 cm³/mol. The normalized spacial score (nSPS) is 12.0. The van der Waals surface area contributed by atoms with Crippen molar-refractivity contribution >= 4 is 170 Å². The van der Waals surface area contributed by atoms with E-state index in [0.717, 1.165) is 0 Å². The molecule has 0 unspecified atom stereocenters. The van der Waals surface area contributed by atoms with Crippen LogP contribution in [0.3, 0.4) is 0 Å². The zero-order chi connectivity index (χ0) is 59.0. The highest BCUT2D eigenvalue weighted by atomic mass is 32.1. The van der Waals surface area contributed by atoms with Crippen LogP contribution in [0.4, 0.5) is 0 Å². The molecule has 0 radical (unpaired) electrons. The summed E-state index contributed by atoms with van der Waals surface area (Å²) < 4.78 is 15.6. The molecule has 0 bridgehead atoms. The summed E-state index contributed by atoms with van der Waals surface area (Å²) in [7, 11) is 0. The summed E-state index contributed by atoms with van der Waals surface area (Å²) in [4.78, 5) is 0. The third kappa shape index (κ3) is 8.12. The molecule has 6 aromatic heterocycles. The van der Waals surface area contributed by atoms with Gasteiger partial charge in [0, 0.05) is 82.7 Å². The van der Waals surface area contributed by atoms with Crippen LogP contribution >= 0.6 is 45.3 Å². The summed E-state index contributed by atoms with van der Waals surface area (Å²) in [6, 6.07) is 111. The number of nitrogens with zero attached hydrogens (tertiary/aromatic N) is 2. The van der Waals surface area contributed by atoms with E-state index in [0.29, 0.717) is 0 Å². The summed E-state index contributed by atoms with van der Waals surface area (Å²) in [5.41, 5.74) is 17.5. The van der Waals surface area contributed by atoms with Gasteiger partial charge in [-0.2, -0.15) is 0 Å². The van der Waals surface area contributed by atoms with Crippen LogP contribution in [0.2, 0.25) is 0 Å². The fourth-order valence-corrected chi connectivity index (χ4v) is 19.1. The first-order valence-corrected chi connectivity index (χ1v) is 33.8. The van der Waals surface area contributed by atoms with Crippen molar-refractivity contribution in [3.8, 4) is 55.9 Å². The number of rotatable bonds is 6. The SMILES string of the molecule is c1ccc(-n2c3ccccc3c3sc4cccc(-c5cccc(-c6ccc7c(c6)sc6cc8ccccc8cc67)c5)c4c32)cc1.c1ccc(-n2c3ccccc3c3sc4cccc(-c5cccc(-c6ccc7c(c6)sc6ccc8ccccc8c67)c5)c4c32)cc1. The molecule has 6 heteroatoms. The van der Waals surface area contributed by atoms with Gasteiger partial charge in [-0.25, -0.2) is 0 Å². The zero-order valence-electron chi connectivity index (χ0n) is 48.4. The first kappa shape index (κ1) is 51.6. The summed E-state index contributed by atoms with van der Waals surface area (Å²) in [5, 5.41) is 15.9. The highest BCUT2D eigenvalue weighted by Crippen LogP contribution is 2.49. The average molecular weight is 1220 g/mol. The molecule has 90 heavy (non-hydrogen) atoms. The van der Waals surface area contributed by atoms with Gasteiger partial charge in [0.05, 0.1) is 31.5 Å². The van der Waals surface area contributed by atoms with Gasteiger partial charge in [-0.15, -0.1) is 45.3 Å². The predicted octanol–water partition coefficient (Wildman–Crippen LogP) is 25.7. The second-order valence-corrected chi connectivity index (χ2v) is 27.7. The number of fused-ring (bicyclic) bond motifs is 19. The smallest absolute Gasteiger partial charge is 0.0734 e. The van der Waals surface area contributed by atoms with E-state index in [1.807, 2.05) is 45.3 Å². The van der Waals surface area contributed by atoms with Crippen LogP contribution in [0.25, 0.3) is 180 Å². The van der Waals surface area contributed by atoms with E-state index in [9.17, 15) is 0 Å². The molecule has 0 aliphatic carbocycles. The van der Waals surface area contributed by atoms with Gasteiger partial charge >= 0.3 is 0 Å². The maximum Gasteiger partial charge on any atom is 0.0734 e. The Morgan fingerprint density at radius 1 is 0.211 bits per heavy atom. The third-order valence-electron chi connectivity index (χ3n) is 18.4. The lowest BCUT2D eigenvalue weighted by Gasteiger charge is -2.11. The van der Waals surface area contributed by atoms with Gasteiger partial charge in [-0.3, -0.25) is 0 Å². The molecular weight excluding hydrogens is 1170 g/mol. The maximum atomic E-state index is 2.45. The fourth-order valence-electron chi connectivity index (χ4n) is 14.3. The van der Waals surface area contributed by atoms with E-state index in [2.05, 4.69) is 312 Å². The summed E-state index contributed by atoms with van der Waals surface area (Å²) in [6.45, 7) is 0. The largest absolute Gasteiger partial charge is 0.308 e. The van der Waals surface area contributed by atoms with E-state index < -0.39 is 0 Å². The van der Waals surface area contributed by atoms with Crippen LogP contribution in [-0.4, -0.2) is 9.13 Å². The summed E-state index contributed by atoms with van der Waals surface area (Å²) in [5.74, 6) is 0. The van der Waals surface area contributed by atoms with Crippen LogP contribution in [0.1, 0.15) is 0 Å². The highest BCUT2D eigenvalue weighted by molar-refractivity contribution is 7.27. The van der Waals surface area contributed by atoms with Gasteiger partial charge in [0.25, 0.3) is 0 Å². The van der Waals surface area contributed by atoms with Gasteiger partial charge in [0.1, 0.15) is 0 Å². The van der Waals surface area contributed by atoms with Crippen molar-refractivity contribution in [1.82, 2.24) is 9.13 Å². The Morgan fingerprint density at radius 2 is 0.644 bits per heavy atom. The monoisotopic (exact) mass is 1210 g/mol. The molecule has 0 fully saturated rings. The van der Waals surface area contributed by atoms with Crippen LogP contribution < -0.4 is 0 Å². The molecule has 2 nitrogen and oxygen atoms in total. The molecule has 20 rings (SSSR count). The fraction of sp³-hybridized carbons (Fsp3) is 0. The molecule has 0 aliphatic rings. The minimum Gasteiger partial charge on any atom is -0.308 e. The molecule has 20 aromatic rings. The lowest BCUT2D eigenvalue weighted by molar-refractivity contribution is 1.19. The minimum atomic E-state index is 1.19. The van der Waals surface area contributed by atoms with Gasteiger partial charge in [-0.05, 0) is 157 Å². The molecule has 0 aliphatic heterocycles. The Morgan fingerprint density at radius 3 is 1.23 bits per heavy atom. The van der Waals surface area contributed by atoms with E-state index in [1.165, 1.54) is 180 Å². The molecule has 420 valence electrons. The Labute approximate surface area is 533 Å². The molecule has 0 spiro atoms. The molecular formula is C84H50N2S4. The van der Waals surface area contributed by atoms with Crippen LogP contribution in [0, 0.1) is 0 Å². The standard InChI is InChI=1S/2C42H25NS2/c1-2-13-30(14-3-1)43-35-18-7-6-16-33(35)42-41(43)40-32(17-9-19-36(40)45-42)29-12-8-11-27(24-29)28-20-22-34-38(25-28)44-37-23-21-26-10-4-5-15-31(26)39(34)37;1-2-14-31(15-3-1)43-36-18-7-6-16-34(36)42-41(43)40-32(17-9-19-37(40)45-42)30-13-8-12-26(22-30)29-20-21-33-35-23-27-10-4-5-11-28(27)24-39(35)44-38(33)25-29/h2*1-25H. The van der Waals surface area contributed by atoms with Gasteiger partial charge in [0.2, 0.25) is 0 Å². The number of para-hydroxylation sites is 4. The minimum absolute atomic E-state index is 1.19. The number of hydrogen-bond acceptors (Lipinski definition) is 4. The Balaban J connectivity index is 0.000000130. The molecule has 6 heterocycles. The Kier molecular flexibility index (Phi) is 11.8. The van der Waals surface area contributed by atoms with Crippen molar-refractivity contribution in [3.05, 3.63) is 303 Å². The Bertz CT molecular complexity index is 6280. The first-order chi connectivity index (χ1) is 44.6. The zero-order valence-corrected chi connectivity index (χ0v) is 51.7. The number of thiophene rings is 4. The quantitative estimate of drug-likeness (QED) is 0.157. The van der Waals surface area contributed by atoms with Gasteiger partial charge < -0.3 is 9.13 Å². The van der Waals surface area contributed by atoms with Crippen molar-refractivity contribution in [2.75, 3.05) is 0 Å². The lowest BCUT2D eigenvalue weighted by Crippen LogP contribution is -1.93. The van der Waals surface area contributed by atoms with Crippen molar-refractivity contribution in [1.29, 1.82) is 0 Å². The highest BCUT2D eigenvalue weighted by Gasteiger charge is 2.23. The van der Waals surface area contributed by atoms with Crippen molar-refractivity contribution in [2.45, 2.75) is 0 Å². The van der Waals surface area contributed by atoms with Crippen LogP contribution in [-0.2, 0) is 0 Å². The Hall–Kier alpha value is -10.4. The van der Waals surface area contributed by atoms with Crippen molar-refractivity contribution in [2.24, 2.45) is 0 Å². The second kappa shape index (κ2) is 20.6. The molecule has 0 saturated heterocycles. The van der Waals surface area contributed by atoms with E-state index in [1.54, 1.807) is 0 Å². The third-order valence-corrected chi connectivity index (χ3v) is 22.9. The molecule has 0 saturated carbocycles. The molecule has 0 N–H and O–H groups in total. The maximum absolute atomic E-state index is 2.45. The average Bonchev–Trinajstić information content (AvgIpc) is 1.59. The summed E-state index contributed by atoms with van der Waals surface area (Å²) in [6.07, 6.45) is 0. The summed E-state index contributed by atoms with van der Waals surface area (Å²) >= 11 is 7.58. The first-order valence-electron chi connectivity index (χ1n) is 30.5. The van der Waals surface area contributed by atoms with Crippen molar-refractivity contribution in [3.63, 3.8) is 0 Å². The van der Waals surface area contributed by atoms with E-state index in [4.69, 9.17) is 0 Å². The van der Waals surface area contributed by atoms with Crippen molar-refractivity contribution < 1.29 is 0 Å². The number of hydrogen-bond donors (Lipinski definition) is 0. The second-order valence-electron chi connectivity index (χ2n) is 23.4. The van der Waals surface area contributed by atoms with Crippen LogP contribution in [0.5, 0.6) is 0 Å². The molecule has 14 aromatic carbocycles.